The Morgan fingerprint density at radius 1 is 0.646 bits per heavy atom. The van der Waals surface area contributed by atoms with Crippen LogP contribution in [0.5, 0.6) is 11.5 Å². The van der Waals surface area contributed by atoms with Crippen LogP contribution < -0.4 is 20.1 Å². The Labute approximate surface area is 295 Å². The summed E-state index contributed by atoms with van der Waals surface area (Å²) in [6.07, 6.45) is -1.32. The number of amides is 2. The first-order valence-electron chi connectivity index (χ1n) is 15.2. The summed E-state index contributed by atoms with van der Waals surface area (Å²) in [6.45, 7) is 17.8. The smallest absolute Gasteiger partial charge is 0.412 e. The van der Waals surface area contributed by atoms with Crippen molar-refractivity contribution in [3.05, 3.63) is 115 Å². The van der Waals surface area contributed by atoms with Gasteiger partial charge < -0.3 is 29.6 Å². The molecule has 0 aliphatic carbocycles. The first-order chi connectivity index (χ1) is 22.7. The monoisotopic (exact) mass is 768 g/mol. The van der Waals surface area contributed by atoms with Gasteiger partial charge >= 0.3 is 24.1 Å². The minimum Gasteiger partial charge on any atom is -0.460 e. The van der Waals surface area contributed by atoms with E-state index in [1.165, 1.54) is 0 Å². The van der Waals surface area contributed by atoms with E-state index in [0.717, 1.165) is 42.5 Å². The maximum atomic E-state index is 12.5. The minimum atomic E-state index is -0.659. The summed E-state index contributed by atoms with van der Waals surface area (Å²) in [5.74, 6) is -0.359. The number of rotatable bonds is 13. The third-order valence-electron chi connectivity index (χ3n) is 7.13. The van der Waals surface area contributed by atoms with Crippen LogP contribution in [-0.2, 0) is 19.1 Å². The molecule has 3 rings (SSSR count). The van der Waals surface area contributed by atoms with Gasteiger partial charge in [-0.05, 0) is 115 Å². The van der Waals surface area contributed by atoms with Crippen LogP contribution >= 0.6 is 22.6 Å². The van der Waals surface area contributed by atoms with Gasteiger partial charge in [0, 0.05) is 20.6 Å². The molecule has 0 aromatic heterocycles. The number of carbonyl (C=O) groups is 4. The van der Waals surface area contributed by atoms with Crippen molar-refractivity contribution in [1.29, 1.82) is 0 Å². The van der Waals surface area contributed by atoms with E-state index in [0.29, 0.717) is 11.5 Å². The predicted molar refractivity (Wildman–Crippen MR) is 192 cm³/mol. The van der Waals surface area contributed by atoms with Crippen LogP contribution in [0.4, 0.5) is 9.59 Å². The van der Waals surface area contributed by atoms with Crippen molar-refractivity contribution in [1.82, 2.24) is 10.6 Å². The van der Waals surface area contributed by atoms with Crippen molar-refractivity contribution >= 4 is 46.7 Å². The molecule has 0 saturated carbocycles. The molecule has 0 fully saturated rings. The van der Waals surface area contributed by atoms with Crippen LogP contribution in [0, 0.1) is 31.3 Å². The van der Waals surface area contributed by atoms with Gasteiger partial charge in [0.2, 0.25) is 0 Å². The maximum Gasteiger partial charge on any atom is 0.412 e. The number of esters is 2. The first-order valence-corrected chi connectivity index (χ1v) is 16.3. The molecular formula is C37H41IN2O8. The molecule has 11 heteroatoms. The van der Waals surface area contributed by atoms with Crippen LogP contribution in [0.2, 0.25) is 0 Å². The summed E-state index contributed by atoms with van der Waals surface area (Å²) in [6, 6.07) is 16.2. The highest BCUT2D eigenvalue weighted by Crippen LogP contribution is 2.39. The van der Waals surface area contributed by atoms with Crippen molar-refractivity contribution in [2.24, 2.45) is 0 Å². The van der Waals surface area contributed by atoms with Crippen LogP contribution in [0.25, 0.3) is 0 Å². The zero-order valence-corrected chi connectivity index (χ0v) is 30.2. The molecule has 48 heavy (non-hydrogen) atoms. The molecule has 2 N–H and O–H groups in total. The van der Waals surface area contributed by atoms with Gasteiger partial charge in [-0.25, -0.2) is 19.2 Å². The molecule has 0 unspecified atom stereocenters. The molecule has 0 atom stereocenters. The summed E-state index contributed by atoms with van der Waals surface area (Å²) in [4.78, 5) is 48.2. The van der Waals surface area contributed by atoms with E-state index in [1.54, 1.807) is 13.8 Å². The number of aryl methyl sites for hydroxylation is 4. The Kier molecular flexibility index (Phi) is 13.8. The Morgan fingerprint density at radius 2 is 1.00 bits per heavy atom. The predicted octanol–water partition coefficient (Wildman–Crippen LogP) is 7.12. The molecule has 0 heterocycles. The van der Waals surface area contributed by atoms with E-state index >= 15 is 0 Å². The van der Waals surface area contributed by atoms with Crippen LogP contribution in [-0.4, -0.2) is 50.4 Å². The zero-order chi connectivity index (χ0) is 35.5. The highest BCUT2D eigenvalue weighted by molar-refractivity contribution is 14.1. The number of ether oxygens (including phenoxy) is 4. The number of benzene rings is 3. The van der Waals surface area contributed by atoms with Gasteiger partial charge in [0.25, 0.3) is 0 Å². The molecule has 3 aromatic carbocycles. The third-order valence-corrected chi connectivity index (χ3v) is 7.85. The summed E-state index contributed by atoms with van der Waals surface area (Å²) < 4.78 is 22.4. The van der Waals surface area contributed by atoms with Crippen molar-refractivity contribution in [2.45, 2.75) is 47.5 Å². The maximum absolute atomic E-state index is 12.5. The van der Waals surface area contributed by atoms with E-state index in [2.05, 4.69) is 58.5 Å². The SMILES string of the molecule is C=C(C)C(=O)OCCNC(=O)Oc1c(C)cc(C(c2ccc(I)cc2)c2cc(C)c(OC(=O)NCCOC(=O)C(=C)C)c(C)c2)cc1C. The Hall–Kier alpha value is -4.65. The second-order valence-electron chi connectivity index (χ2n) is 11.4. The fourth-order valence-corrected chi connectivity index (χ4v) is 5.31. The molecule has 3 aromatic rings. The molecule has 0 aliphatic rings. The van der Waals surface area contributed by atoms with E-state index in [9.17, 15) is 19.2 Å². The molecule has 0 aliphatic heterocycles. The summed E-state index contributed by atoms with van der Waals surface area (Å²) >= 11 is 2.27. The van der Waals surface area contributed by atoms with Crippen LogP contribution in [0.15, 0.2) is 72.8 Å². The van der Waals surface area contributed by atoms with Gasteiger partial charge in [-0.15, -0.1) is 0 Å². The number of carbonyl (C=O) groups excluding carboxylic acids is 4. The van der Waals surface area contributed by atoms with Gasteiger partial charge in [0.05, 0.1) is 13.1 Å². The fourth-order valence-electron chi connectivity index (χ4n) is 4.95. The number of halogens is 1. The lowest BCUT2D eigenvalue weighted by atomic mass is 9.82. The van der Waals surface area contributed by atoms with E-state index in [1.807, 2.05) is 64.1 Å². The Bertz CT molecular complexity index is 1570. The largest absolute Gasteiger partial charge is 0.460 e. The normalized spacial score (nSPS) is 10.6. The molecule has 0 bridgehead atoms. The average Bonchev–Trinajstić information content (AvgIpc) is 3.02. The lowest BCUT2D eigenvalue weighted by Gasteiger charge is -2.23. The molecular weight excluding hydrogens is 727 g/mol. The van der Waals surface area contributed by atoms with Crippen molar-refractivity contribution < 1.29 is 38.1 Å². The Morgan fingerprint density at radius 3 is 1.33 bits per heavy atom. The van der Waals surface area contributed by atoms with Gasteiger partial charge in [-0.3, -0.25) is 0 Å². The molecule has 0 radical (unpaired) electrons. The molecule has 2 amide bonds. The molecule has 10 nitrogen and oxygen atoms in total. The fraction of sp³-hybridized carbons (Fsp3) is 0.297. The van der Waals surface area contributed by atoms with Gasteiger partial charge in [-0.2, -0.15) is 0 Å². The second kappa shape index (κ2) is 17.5. The lowest BCUT2D eigenvalue weighted by Crippen LogP contribution is -2.31. The van der Waals surface area contributed by atoms with Crippen molar-refractivity contribution in [3.63, 3.8) is 0 Å². The highest BCUT2D eigenvalue weighted by Gasteiger charge is 2.23. The van der Waals surface area contributed by atoms with E-state index < -0.39 is 24.1 Å². The molecule has 0 saturated heterocycles. The quantitative estimate of drug-likeness (QED) is 0.0619. The van der Waals surface area contributed by atoms with Gasteiger partial charge in [0.1, 0.15) is 24.7 Å². The van der Waals surface area contributed by atoms with Crippen molar-refractivity contribution in [3.8, 4) is 11.5 Å². The highest BCUT2D eigenvalue weighted by atomic mass is 127. The topological polar surface area (TPSA) is 129 Å². The second-order valence-corrected chi connectivity index (χ2v) is 12.7. The lowest BCUT2D eigenvalue weighted by molar-refractivity contribution is -0.139. The van der Waals surface area contributed by atoms with Crippen molar-refractivity contribution in [2.75, 3.05) is 26.3 Å². The Balaban J connectivity index is 1.83. The standard InChI is InChI=1S/C37H41IN2O8/c1-21(2)34(41)45-15-13-39-36(43)47-32-23(5)17-28(18-24(32)6)31(27-9-11-30(38)12-10-27)29-19-25(7)33(26(8)20-29)48-37(44)40-14-16-46-35(42)22(3)4/h9-12,17-20,31H,1,3,13-16H2,2,4-8H3,(H,39,43)(H,40,44). The summed E-state index contributed by atoms with van der Waals surface area (Å²) in [5.41, 5.74) is 6.65. The third kappa shape index (κ3) is 10.7. The van der Waals surface area contributed by atoms with Gasteiger partial charge in [-0.1, -0.05) is 49.6 Å². The average molecular weight is 769 g/mol. The number of nitrogens with one attached hydrogen (secondary N) is 2. The van der Waals surface area contributed by atoms with Gasteiger partial charge in [0.15, 0.2) is 0 Å². The first kappa shape index (κ1) is 37.8. The zero-order valence-electron chi connectivity index (χ0n) is 28.1. The van der Waals surface area contributed by atoms with Crippen LogP contribution in [0.1, 0.15) is 58.7 Å². The van der Waals surface area contributed by atoms with E-state index in [4.69, 9.17) is 18.9 Å². The summed E-state index contributed by atoms with van der Waals surface area (Å²) in [5, 5.41) is 5.19. The summed E-state index contributed by atoms with van der Waals surface area (Å²) in [7, 11) is 0. The molecule has 254 valence electrons. The van der Waals surface area contributed by atoms with Crippen LogP contribution in [0.3, 0.4) is 0 Å². The van der Waals surface area contributed by atoms with E-state index in [-0.39, 0.29) is 43.4 Å². The number of hydrogen-bond donors (Lipinski definition) is 2. The molecule has 0 spiro atoms. The minimum absolute atomic E-state index is 0.00428. The number of hydrogen-bond acceptors (Lipinski definition) is 8.